The lowest BCUT2D eigenvalue weighted by molar-refractivity contribution is 0.00350. The number of ether oxygens (including phenoxy) is 1. The van der Waals surface area contributed by atoms with Gasteiger partial charge in [0.2, 0.25) is 0 Å². The number of halogens is 1. The van der Waals surface area contributed by atoms with Crippen molar-refractivity contribution in [3.8, 4) is 11.4 Å². The van der Waals surface area contributed by atoms with Crippen LogP contribution in [0.2, 0.25) is 0 Å². The highest BCUT2D eigenvalue weighted by molar-refractivity contribution is 5.64. The monoisotopic (exact) mass is 291 g/mol. The lowest BCUT2D eigenvalue weighted by Crippen LogP contribution is -2.26. The standard InChI is InChI=1S/C14H18FN5O/c1-8-5-11(3-4-21-8)20-14(17-18-19-20)10-6-12(15)9(2)13(16)7-10/h6-8,11H,3-5,16H2,1-2H3. The minimum atomic E-state index is -0.347. The molecule has 7 heteroatoms. The van der Waals surface area contributed by atoms with E-state index in [0.29, 0.717) is 29.2 Å². The Morgan fingerprint density at radius 2 is 2.24 bits per heavy atom. The molecule has 0 spiro atoms. The van der Waals surface area contributed by atoms with Gasteiger partial charge in [-0.15, -0.1) is 5.10 Å². The number of hydrogen-bond acceptors (Lipinski definition) is 5. The van der Waals surface area contributed by atoms with Gasteiger partial charge in [-0.2, -0.15) is 0 Å². The molecule has 2 N–H and O–H groups in total. The molecule has 1 aliphatic rings. The smallest absolute Gasteiger partial charge is 0.182 e. The average Bonchev–Trinajstić information content (AvgIpc) is 2.93. The second-order valence-corrected chi connectivity index (χ2v) is 5.48. The number of anilines is 1. The summed E-state index contributed by atoms with van der Waals surface area (Å²) in [5.41, 5.74) is 7.28. The van der Waals surface area contributed by atoms with Gasteiger partial charge in [0.25, 0.3) is 0 Å². The van der Waals surface area contributed by atoms with Crippen molar-refractivity contribution in [3.63, 3.8) is 0 Å². The van der Waals surface area contributed by atoms with E-state index in [0.717, 1.165) is 12.8 Å². The highest BCUT2D eigenvalue weighted by Crippen LogP contribution is 2.30. The number of hydrogen-bond donors (Lipinski definition) is 1. The van der Waals surface area contributed by atoms with Crippen molar-refractivity contribution in [1.82, 2.24) is 20.2 Å². The van der Waals surface area contributed by atoms with E-state index in [2.05, 4.69) is 15.5 Å². The summed E-state index contributed by atoms with van der Waals surface area (Å²) in [5, 5.41) is 11.8. The molecule has 1 saturated heterocycles. The van der Waals surface area contributed by atoms with Crippen molar-refractivity contribution < 1.29 is 9.13 Å². The normalized spacial score (nSPS) is 22.4. The van der Waals surface area contributed by atoms with Crippen LogP contribution in [0.25, 0.3) is 11.4 Å². The lowest BCUT2D eigenvalue weighted by atomic mass is 10.0. The first-order valence-corrected chi connectivity index (χ1v) is 7.01. The summed E-state index contributed by atoms with van der Waals surface area (Å²) in [6.45, 7) is 4.35. The molecule has 2 aromatic rings. The van der Waals surface area contributed by atoms with Crippen LogP contribution in [0.4, 0.5) is 10.1 Å². The second kappa shape index (κ2) is 5.40. The molecular weight excluding hydrogens is 273 g/mol. The summed E-state index contributed by atoms with van der Waals surface area (Å²) >= 11 is 0. The van der Waals surface area contributed by atoms with E-state index in [1.165, 1.54) is 6.07 Å². The first kappa shape index (κ1) is 13.9. The number of tetrazole rings is 1. The van der Waals surface area contributed by atoms with E-state index in [4.69, 9.17) is 10.5 Å². The van der Waals surface area contributed by atoms with Crippen LogP contribution in [0, 0.1) is 12.7 Å². The SMILES string of the molecule is Cc1c(N)cc(-c2nnnn2C2CCOC(C)C2)cc1F. The fraction of sp³-hybridized carbons (Fsp3) is 0.500. The quantitative estimate of drug-likeness (QED) is 0.857. The zero-order valence-corrected chi connectivity index (χ0v) is 12.1. The fourth-order valence-electron chi connectivity index (χ4n) is 2.66. The fourth-order valence-corrected chi connectivity index (χ4v) is 2.66. The topological polar surface area (TPSA) is 78.9 Å². The van der Waals surface area contributed by atoms with Crippen molar-refractivity contribution in [2.75, 3.05) is 12.3 Å². The third-order valence-corrected chi connectivity index (χ3v) is 3.94. The minimum Gasteiger partial charge on any atom is -0.398 e. The van der Waals surface area contributed by atoms with Gasteiger partial charge in [0.05, 0.1) is 12.1 Å². The van der Waals surface area contributed by atoms with E-state index < -0.39 is 0 Å². The van der Waals surface area contributed by atoms with E-state index in [1.54, 1.807) is 17.7 Å². The molecule has 1 aromatic heterocycles. The highest BCUT2D eigenvalue weighted by atomic mass is 19.1. The summed E-state index contributed by atoms with van der Waals surface area (Å²) in [6.07, 6.45) is 1.84. The Bertz CT molecular complexity index is 634. The molecule has 0 radical (unpaired) electrons. The molecule has 0 bridgehead atoms. The average molecular weight is 291 g/mol. The van der Waals surface area contributed by atoms with Crippen LogP contribution in [0.5, 0.6) is 0 Å². The Kier molecular flexibility index (Phi) is 3.59. The van der Waals surface area contributed by atoms with Crippen molar-refractivity contribution >= 4 is 5.69 Å². The van der Waals surface area contributed by atoms with Crippen LogP contribution in [0.15, 0.2) is 12.1 Å². The van der Waals surface area contributed by atoms with Crippen molar-refractivity contribution in [2.45, 2.75) is 38.8 Å². The molecule has 1 fully saturated rings. The van der Waals surface area contributed by atoms with Crippen LogP contribution in [-0.4, -0.2) is 32.9 Å². The van der Waals surface area contributed by atoms with Crippen LogP contribution in [-0.2, 0) is 4.74 Å². The molecule has 0 aliphatic carbocycles. The maximum absolute atomic E-state index is 13.9. The molecule has 0 saturated carbocycles. The first-order valence-electron chi connectivity index (χ1n) is 7.01. The molecular formula is C14H18FN5O. The number of rotatable bonds is 2. The van der Waals surface area contributed by atoms with Gasteiger partial charge in [-0.1, -0.05) is 0 Å². The van der Waals surface area contributed by atoms with Crippen LogP contribution < -0.4 is 5.73 Å². The zero-order valence-electron chi connectivity index (χ0n) is 12.1. The second-order valence-electron chi connectivity index (χ2n) is 5.48. The van der Waals surface area contributed by atoms with Gasteiger partial charge in [-0.05, 0) is 49.2 Å². The third-order valence-electron chi connectivity index (χ3n) is 3.94. The zero-order chi connectivity index (χ0) is 15.0. The largest absolute Gasteiger partial charge is 0.398 e. The Morgan fingerprint density at radius 3 is 2.95 bits per heavy atom. The molecule has 1 aliphatic heterocycles. The van der Waals surface area contributed by atoms with Gasteiger partial charge < -0.3 is 10.5 Å². The minimum absolute atomic E-state index is 0.157. The number of aromatic nitrogens is 4. The van der Waals surface area contributed by atoms with Crippen molar-refractivity contribution in [1.29, 1.82) is 0 Å². The summed E-state index contributed by atoms with van der Waals surface area (Å²) in [5.74, 6) is 0.194. The van der Waals surface area contributed by atoms with Crippen LogP contribution >= 0.6 is 0 Å². The maximum Gasteiger partial charge on any atom is 0.182 e. The first-order chi connectivity index (χ1) is 10.1. The summed E-state index contributed by atoms with van der Waals surface area (Å²) < 4.78 is 21.2. The third kappa shape index (κ3) is 2.61. The molecule has 2 atom stereocenters. The Balaban J connectivity index is 1.99. The Hall–Kier alpha value is -2.02. The van der Waals surface area contributed by atoms with Gasteiger partial charge in [0, 0.05) is 23.4 Å². The highest BCUT2D eigenvalue weighted by Gasteiger charge is 2.25. The summed E-state index contributed by atoms with van der Waals surface area (Å²) in [4.78, 5) is 0. The van der Waals surface area contributed by atoms with E-state index in [1.807, 2.05) is 6.92 Å². The van der Waals surface area contributed by atoms with Gasteiger partial charge in [-0.3, -0.25) is 0 Å². The molecule has 2 unspecified atom stereocenters. The molecule has 21 heavy (non-hydrogen) atoms. The predicted molar refractivity (Wildman–Crippen MR) is 76.0 cm³/mol. The Morgan fingerprint density at radius 1 is 1.43 bits per heavy atom. The molecule has 112 valence electrons. The van der Waals surface area contributed by atoms with Crippen molar-refractivity contribution in [3.05, 3.63) is 23.5 Å². The number of benzene rings is 1. The van der Waals surface area contributed by atoms with Gasteiger partial charge >= 0.3 is 0 Å². The van der Waals surface area contributed by atoms with E-state index >= 15 is 0 Å². The Labute approximate surface area is 122 Å². The van der Waals surface area contributed by atoms with Crippen molar-refractivity contribution in [2.24, 2.45) is 0 Å². The van der Waals surface area contributed by atoms with E-state index in [-0.39, 0.29) is 18.0 Å². The summed E-state index contributed by atoms with van der Waals surface area (Å²) in [6, 6.07) is 3.30. The molecule has 2 heterocycles. The van der Waals surface area contributed by atoms with Gasteiger partial charge in [-0.25, -0.2) is 9.07 Å². The number of nitrogens with zero attached hydrogens (tertiary/aromatic N) is 4. The lowest BCUT2D eigenvalue weighted by Gasteiger charge is -2.27. The van der Waals surface area contributed by atoms with Gasteiger partial charge in [0.15, 0.2) is 5.82 Å². The maximum atomic E-state index is 13.9. The number of nitrogen functional groups attached to an aromatic ring is 1. The van der Waals surface area contributed by atoms with Crippen LogP contribution in [0.3, 0.4) is 0 Å². The predicted octanol–water partition coefficient (Wildman–Crippen LogP) is 2.11. The molecule has 3 rings (SSSR count). The summed E-state index contributed by atoms with van der Waals surface area (Å²) in [7, 11) is 0. The number of nitrogens with two attached hydrogens (primary N) is 1. The van der Waals surface area contributed by atoms with E-state index in [9.17, 15) is 4.39 Å². The van der Waals surface area contributed by atoms with Crippen LogP contribution in [0.1, 0.15) is 31.4 Å². The van der Waals surface area contributed by atoms with Gasteiger partial charge in [0.1, 0.15) is 5.82 Å². The molecule has 1 aromatic carbocycles. The molecule has 6 nitrogen and oxygen atoms in total. The molecule has 0 amide bonds.